The highest BCUT2D eigenvalue weighted by molar-refractivity contribution is 7.08. The van der Waals surface area contributed by atoms with E-state index < -0.39 is 0 Å². The molecule has 0 bridgehead atoms. The van der Waals surface area contributed by atoms with Crippen molar-refractivity contribution in [1.29, 1.82) is 0 Å². The van der Waals surface area contributed by atoms with Crippen molar-refractivity contribution in [1.82, 2.24) is 0 Å². The Morgan fingerprint density at radius 2 is 1.79 bits per heavy atom. The van der Waals surface area contributed by atoms with E-state index in [0.29, 0.717) is 0 Å². The largest absolute Gasteiger partial charge is 0.368 e. The molecule has 0 fully saturated rings. The lowest BCUT2D eigenvalue weighted by Crippen LogP contribution is -2.19. The monoisotopic (exact) mass is 330 g/mol. The number of benzene rings is 2. The molecule has 118 valence electrons. The molecule has 0 spiro atoms. The molecule has 2 aromatic carbocycles. The van der Waals surface area contributed by atoms with Crippen LogP contribution in [0.4, 0.5) is 5.69 Å². The minimum atomic E-state index is 0.795. The molecule has 0 unspecified atom stereocenters. The summed E-state index contributed by atoms with van der Waals surface area (Å²) in [5, 5.41) is 4.26. The number of thiophene rings is 1. The number of para-hydroxylation sites is 1. The van der Waals surface area contributed by atoms with Crippen molar-refractivity contribution in [3.63, 3.8) is 0 Å². The third kappa shape index (κ3) is 2.91. The van der Waals surface area contributed by atoms with Crippen LogP contribution in [0.1, 0.15) is 16.7 Å². The summed E-state index contributed by atoms with van der Waals surface area (Å²) in [7, 11) is 2.13. The van der Waals surface area contributed by atoms with Gasteiger partial charge in [0.1, 0.15) is 0 Å². The minimum Gasteiger partial charge on any atom is -0.368 e. The molecule has 2 heterocycles. The number of hydrogen-bond acceptors (Lipinski definition) is 3. The van der Waals surface area contributed by atoms with Crippen molar-refractivity contribution in [2.45, 2.75) is 0 Å². The zero-order chi connectivity index (χ0) is 16.4. The highest BCUT2D eigenvalue weighted by Gasteiger charge is 2.19. The van der Waals surface area contributed by atoms with Gasteiger partial charge in [-0.25, -0.2) is 0 Å². The number of fused-ring (bicyclic) bond motifs is 1. The van der Waals surface area contributed by atoms with E-state index in [0.717, 1.165) is 23.5 Å². The molecule has 0 amide bonds. The molecule has 2 nitrogen and oxygen atoms in total. The third-order valence-electron chi connectivity index (χ3n) is 4.15. The minimum absolute atomic E-state index is 0.795. The summed E-state index contributed by atoms with van der Waals surface area (Å²) in [5.41, 5.74) is 6.87. The van der Waals surface area contributed by atoms with E-state index in [1.54, 1.807) is 11.3 Å². The first-order valence-corrected chi connectivity index (χ1v) is 8.93. The Bertz CT molecular complexity index is 893. The quantitative estimate of drug-likeness (QED) is 0.640. The summed E-state index contributed by atoms with van der Waals surface area (Å²) in [5.74, 6) is 0. The lowest BCUT2D eigenvalue weighted by molar-refractivity contribution is 0.984. The van der Waals surface area contributed by atoms with Crippen molar-refractivity contribution in [3.8, 4) is 0 Å². The first kappa shape index (κ1) is 14.9. The molecule has 24 heavy (non-hydrogen) atoms. The standard InChI is InChI=1S/C21H18N2S/c1-23-14-18(13-16-11-12-24-15-16)22-21(17-7-3-2-4-8-17)19-9-5-6-10-20(19)23/h2-13,15H,14H2,1H3/b18-13-. The van der Waals surface area contributed by atoms with E-state index in [1.807, 2.05) is 6.07 Å². The maximum atomic E-state index is 5.05. The first-order chi connectivity index (χ1) is 11.8. The highest BCUT2D eigenvalue weighted by atomic mass is 32.1. The molecule has 3 aromatic rings. The Hall–Kier alpha value is -2.65. The maximum Gasteiger partial charge on any atom is 0.0799 e. The van der Waals surface area contributed by atoms with Gasteiger partial charge in [0.15, 0.2) is 0 Å². The van der Waals surface area contributed by atoms with Crippen LogP contribution in [0.2, 0.25) is 0 Å². The van der Waals surface area contributed by atoms with Crippen molar-refractivity contribution >= 4 is 28.8 Å². The van der Waals surface area contributed by atoms with Crippen LogP contribution in [-0.4, -0.2) is 19.3 Å². The molecule has 0 N–H and O–H groups in total. The second-order valence-electron chi connectivity index (χ2n) is 5.89. The van der Waals surface area contributed by atoms with Gasteiger partial charge in [-0.05, 0) is 34.5 Å². The van der Waals surface area contributed by atoms with Crippen molar-refractivity contribution in [2.24, 2.45) is 4.99 Å². The fourth-order valence-electron chi connectivity index (χ4n) is 3.02. The Morgan fingerprint density at radius 3 is 2.58 bits per heavy atom. The van der Waals surface area contributed by atoms with Gasteiger partial charge in [0.2, 0.25) is 0 Å². The van der Waals surface area contributed by atoms with E-state index in [1.165, 1.54) is 16.8 Å². The van der Waals surface area contributed by atoms with Crippen LogP contribution in [0.5, 0.6) is 0 Å². The van der Waals surface area contributed by atoms with Crippen LogP contribution in [-0.2, 0) is 0 Å². The van der Waals surface area contributed by atoms with Gasteiger partial charge < -0.3 is 4.90 Å². The molecule has 0 radical (unpaired) electrons. The van der Waals surface area contributed by atoms with E-state index >= 15 is 0 Å². The van der Waals surface area contributed by atoms with Gasteiger partial charge in [-0.2, -0.15) is 11.3 Å². The fourth-order valence-corrected chi connectivity index (χ4v) is 3.64. The molecular weight excluding hydrogens is 312 g/mol. The zero-order valence-electron chi connectivity index (χ0n) is 13.5. The molecule has 0 atom stereocenters. The SMILES string of the molecule is CN1C/C(=C/c2ccsc2)N=C(c2ccccc2)c2ccccc21. The molecule has 0 saturated carbocycles. The smallest absolute Gasteiger partial charge is 0.0799 e. The number of hydrogen-bond donors (Lipinski definition) is 0. The van der Waals surface area contributed by atoms with Crippen LogP contribution in [0.25, 0.3) is 6.08 Å². The Labute approximate surface area is 146 Å². The molecule has 1 aliphatic rings. The molecule has 4 rings (SSSR count). The van der Waals surface area contributed by atoms with E-state index in [2.05, 4.69) is 83.4 Å². The lowest BCUT2D eigenvalue weighted by Gasteiger charge is -2.19. The number of nitrogens with zero attached hydrogens (tertiary/aromatic N) is 2. The predicted octanol–water partition coefficient (Wildman–Crippen LogP) is 5.08. The van der Waals surface area contributed by atoms with Crippen LogP contribution in [0.3, 0.4) is 0 Å². The van der Waals surface area contributed by atoms with Gasteiger partial charge in [0.25, 0.3) is 0 Å². The third-order valence-corrected chi connectivity index (χ3v) is 4.85. The Balaban J connectivity index is 1.90. The molecular formula is C21H18N2S. The highest BCUT2D eigenvalue weighted by Crippen LogP contribution is 2.28. The lowest BCUT2D eigenvalue weighted by atomic mass is 10.0. The van der Waals surface area contributed by atoms with Crippen LogP contribution in [0.15, 0.2) is 82.1 Å². The molecule has 0 saturated heterocycles. The average molecular weight is 330 g/mol. The summed E-state index contributed by atoms with van der Waals surface area (Å²) in [6.45, 7) is 0.795. The number of anilines is 1. The average Bonchev–Trinajstić information content (AvgIpc) is 3.08. The van der Waals surface area contributed by atoms with Gasteiger partial charge in [0.05, 0.1) is 18.0 Å². The van der Waals surface area contributed by atoms with Crippen molar-refractivity contribution in [3.05, 3.63) is 93.8 Å². The Morgan fingerprint density at radius 1 is 1.00 bits per heavy atom. The zero-order valence-corrected chi connectivity index (χ0v) is 14.3. The summed E-state index contributed by atoms with van der Waals surface area (Å²) in [4.78, 5) is 7.32. The fraction of sp³-hybridized carbons (Fsp3) is 0.0952. The second kappa shape index (κ2) is 6.46. The molecule has 1 aliphatic heterocycles. The number of rotatable bonds is 2. The van der Waals surface area contributed by atoms with Gasteiger partial charge in [-0.15, -0.1) is 0 Å². The van der Waals surface area contributed by atoms with Gasteiger partial charge in [0, 0.05) is 23.9 Å². The summed E-state index contributed by atoms with van der Waals surface area (Å²) in [6.07, 6.45) is 2.18. The van der Waals surface area contributed by atoms with Gasteiger partial charge in [-0.1, -0.05) is 48.5 Å². The van der Waals surface area contributed by atoms with Crippen LogP contribution in [0, 0.1) is 0 Å². The van der Waals surface area contributed by atoms with Crippen molar-refractivity contribution in [2.75, 3.05) is 18.5 Å². The molecule has 3 heteroatoms. The second-order valence-corrected chi connectivity index (χ2v) is 6.67. The van der Waals surface area contributed by atoms with E-state index in [4.69, 9.17) is 4.99 Å². The first-order valence-electron chi connectivity index (χ1n) is 7.99. The Kier molecular flexibility index (Phi) is 4.01. The van der Waals surface area contributed by atoms with Gasteiger partial charge in [-0.3, -0.25) is 4.99 Å². The summed E-state index contributed by atoms with van der Waals surface area (Å²) >= 11 is 1.71. The van der Waals surface area contributed by atoms with E-state index in [9.17, 15) is 0 Å². The molecule has 1 aromatic heterocycles. The predicted molar refractivity (Wildman–Crippen MR) is 104 cm³/mol. The van der Waals surface area contributed by atoms with Crippen LogP contribution < -0.4 is 4.90 Å². The number of likely N-dealkylation sites (N-methyl/N-ethyl adjacent to an activating group) is 1. The van der Waals surface area contributed by atoms with Gasteiger partial charge >= 0.3 is 0 Å². The topological polar surface area (TPSA) is 15.6 Å². The van der Waals surface area contributed by atoms with Crippen molar-refractivity contribution < 1.29 is 0 Å². The maximum absolute atomic E-state index is 5.05. The summed E-state index contributed by atoms with van der Waals surface area (Å²) < 4.78 is 0. The van der Waals surface area contributed by atoms with E-state index in [-0.39, 0.29) is 0 Å². The van der Waals surface area contributed by atoms with Crippen LogP contribution >= 0.6 is 11.3 Å². The molecule has 0 aliphatic carbocycles. The normalized spacial score (nSPS) is 15.8. The number of benzodiazepines with no additional fused rings is 1. The summed E-state index contributed by atoms with van der Waals surface area (Å²) in [6, 6.07) is 21.1. The number of aliphatic imine (C=N–C) groups is 1.